The Morgan fingerprint density at radius 2 is 2.31 bits per heavy atom. The van der Waals surface area contributed by atoms with Gasteiger partial charge < -0.3 is 10.3 Å². The summed E-state index contributed by atoms with van der Waals surface area (Å²) in [5.74, 6) is 0.417. The fourth-order valence-electron chi connectivity index (χ4n) is 2.03. The van der Waals surface area contributed by atoms with Crippen molar-refractivity contribution in [3.63, 3.8) is 0 Å². The summed E-state index contributed by atoms with van der Waals surface area (Å²) in [6.45, 7) is 1.77. The van der Waals surface area contributed by atoms with Gasteiger partial charge in [0.25, 0.3) is 5.91 Å². The van der Waals surface area contributed by atoms with Crippen LogP contribution in [-0.2, 0) is 0 Å². The minimum atomic E-state index is -0.915. The molecule has 0 bridgehead atoms. The maximum Gasteiger partial charge on any atom is 0.269 e. The van der Waals surface area contributed by atoms with Gasteiger partial charge in [0, 0.05) is 0 Å². The fourth-order valence-corrected chi connectivity index (χ4v) is 2.03. The Balaban J connectivity index is 1.96. The van der Waals surface area contributed by atoms with Crippen LogP contribution in [0.5, 0.6) is 0 Å². The molecule has 0 saturated heterocycles. The molecule has 88 valence electrons. The van der Waals surface area contributed by atoms with Crippen LogP contribution in [0.15, 0.2) is 6.20 Å². The van der Waals surface area contributed by atoms with Gasteiger partial charge in [-0.05, 0) is 19.8 Å². The molecule has 0 spiro atoms. The number of nitrogens with one attached hydrogen (secondary N) is 2. The van der Waals surface area contributed by atoms with E-state index in [1.54, 1.807) is 6.92 Å². The Bertz CT molecular complexity index is 377. The fraction of sp³-hybridized carbons (Fsp3) is 0.636. The molecule has 4 nitrogen and oxygen atoms in total. The van der Waals surface area contributed by atoms with Crippen molar-refractivity contribution >= 4 is 5.91 Å². The zero-order valence-electron chi connectivity index (χ0n) is 9.29. The average molecular weight is 225 g/mol. The molecule has 0 unspecified atom stereocenters. The van der Waals surface area contributed by atoms with Gasteiger partial charge in [-0.15, -0.1) is 0 Å². The molecule has 1 aliphatic carbocycles. The Kier molecular flexibility index (Phi) is 3.22. The number of aryl methyl sites for hydroxylation is 1. The second-order valence-electron chi connectivity index (χ2n) is 4.26. The number of carbonyl (C=O) groups is 1. The topological polar surface area (TPSA) is 57.8 Å². The lowest BCUT2D eigenvalue weighted by Gasteiger charge is -2.26. The predicted molar refractivity (Wildman–Crippen MR) is 57.9 cm³/mol. The summed E-state index contributed by atoms with van der Waals surface area (Å²) in [5, 5.41) is 2.71. The molecule has 1 aromatic heterocycles. The smallest absolute Gasteiger partial charge is 0.269 e. The molecule has 1 aliphatic rings. The number of carbonyl (C=O) groups excluding carboxylic acids is 1. The van der Waals surface area contributed by atoms with E-state index in [-0.39, 0.29) is 11.9 Å². The lowest BCUT2D eigenvalue weighted by molar-refractivity contribution is 0.0879. The highest BCUT2D eigenvalue weighted by atomic mass is 19.1. The number of H-pyrrole nitrogens is 1. The van der Waals surface area contributed by atoms with Gasteiger partial charge in [-0.1, -0.05) is 12.8 Å². The molecule has 16 heavy (non-hydrogen) atoms. The first kappa shape index (κ1) is 11.1. The van der Waals surface area contributed by atoms with Gasteiger partial charge >= 0.3 is 0 Å². The van der Waals surface area contributed by atoms with Crippen LogP contribution in [0.25, 0.3) is 0 Å². The van der Waals surface area contributed by atoms with Crippen LogP contribution in [-0.4, -0.2) is 28.1 Å². The molecule has 5 heteroatoms. The molecule has 0 radical (unpaired) electrons. The highest BCUT2D eigenvalue weighted by Gasteiger charge is 2.26. The van der Waals surface area contributed by atoms with Crippen LogP contribution in [0.2, 0.25) is 0 Å². The first-order valence-corrected chi connectivity index (χ1v) is 5.63. The van der Waals surface area contributed by atoms with E-state index >= 15 is 0 Å². The molecule has 1 amide bonds. The molecule has 0 aromatic carbocycles. The van der Waals surface area contributed by atoms with Crippen LogP contribution in [0.3, 0.4) is 0 Å². The molecular weight excluding hydrogens is 209 g/mol. The van der Waals surface area contributed by atoms with Crippen molar-refractivity contribution in [3.8, 4) is 0 Å². The third-order valence-corrected chi connectivity index (χ3v) is 2.95. The SMILES string of the molecule is Cc1ncc(C(=O)N[C@@H]2CCCC[C@H]2F)[nH]1. The number of halogens is 1. The molecule has 2 rings (SSSR count). The van der Waals surface area contributed by atoms with Crippen molar-refractivity contribution in [1.82, 2.24) is 15.3 Å². The normalized spacial score (nSPS) is 25.4. The van der Waals surface area contributed by atoms with Crippen LogP contribution < -0.4 is 5.32 Å². The molecular formula is C11H16FN3O. The highest BCUT2D eigenvalue weighted by Crippen LogP contribution is 2.21. The zero-order chi connectivity index (χ0) is 11.5. The number of aromatic amines is 1. The summed E-state index contributed by atoms with van der Waals surface area (Å²) >= 11 is 0. The van der Waals surface area contributed by atoms with E-state index in [1.807, 2.05) is 0 Å². The second kappa shape index (κ2) is 4.63. The minimum absolute atomic E-state index is 0.268. The third-order valence-electron chi connectivity index (χ3n) is 2.95. The van der Waals surface area contributed by atoms with Gasteiger partial charge in [0.15, 0.2) is 0 Å². The van der Waals surface area contributed by atoms with Crippen LogP contribution in [0.1, 0.15) is 42.0 Å². The summed E-state index contributed by atoms with van der Waals surface area (Å²) in [7, 11) is 0. The molecule has 2 atom stereocenters. The summed E-state index contributed by atoms with van der Waals surface area (Å²) in [4.78, 5) is 18.5. The van der Waals surface area contributed by atoms with E-state index in [4.69, 9.17) is 0 Å². The lowest BCUT2D eigenvalue weighted by Crippen LogP contribution is -2.43. The number of nitrogens with zero attached hydrogens (tertiary/aromatic N) is 1. The van der Waals surface area contributed by atoms with Crippen LogP contribution in [0.4, 0.5) is 4.39 Å². The summed E-state index contributed by atoms with van der Waals surface area (Å²) < 4.78 is 13.5. The van der Waals surface area contributed by atoms with Crippen LogP contribution >= 0.6 is 0 Å². The standard InChI is InChI=1S/C11H16FN3O/c1-7-13-6-10(14-7)11(16)15-9-5-3-2-4-8(9)12/h6,8-9H,2-5H2,1H3,(H,13,14)(H,15,16)/t8-,9-/m1/s1. The maximum absolute atomic E-state index is 13.5. The first-order chi connectivity index (χ1) is 7.66. The number of aromatic nitrogens is 2. The number of rotatable bonds is 2. The van der Waals surface area contributed by atoms with E-state index in [9.17, 15) is 9.18 Å². The average Bonchev–Trinajstić information content (AvgIpc) is 2.68. The van der Waals surface area contributed by atoms with Gasteiger partial charge in [0.1, 0.15) is 17.7 Å². The van der Waals surface area contributed by atoms with Gasteiger partial charge in [0.05, 0.1) is 12.2 Å². The van der Waals surface area contributed by atoms with Crippen molar-refractivity contribution < 1.29 is 9.18 Å². The number of amides is 1. The Morgan fingerprint density at radius 1 is 1.56 bits per heavy atom. The quantitative estimate of drug-likeness (QED) is 0.805. The summed E-state index contributed by atoms with van der Waals surface area (Å²) in [6.07, 6.45) is 3.72. The highest BCUT2D eigenvalue weighted by molar-refractivity contribution is 5.92. The first-order valence-electron chi connectivity index (χ1n) is 5.63. The van der Waals surface area contributed by atoms with Gasteiger partial charge in [-0.2, -0.15) is 0 Å². The minimum Gasteiger partial charge on any atom is -0.345 e. The summed E-state index contributed by atoms with van der Waals surface area (Å²) in [6, 6.07) is -0.343. The molecule has 1 heterocycles. The van der Waals surface area contributed by atoms with Crippen LogP contribution in [0, 0.1) is 6.92 Å². The van der Waals surface area contributed by atoms with Crippen molar-refractivity contribution in [2.75, 3.05) is 0 Å². The largest absolute Gasteiger partial charge is 0.345 e. The van der Waals surface area contributed by atoms with E-state index < -0.39 is 6.17 Å². The van der Waals surface area contributed by atoms with Gasteiger partial charge in [-0.25, -0.2) is 9.37 Å². The van der Waals surface area contributed by atoms with Crippen molar-refractivity contribution in [2.24, 2.45) is 0 Å². The number of imidazole rings is 1. The number of hydrogen-bond acceptors (Lipinski definition) is 2. The number of hydrogen-bond donors (Lipinski definition) is 2. The Labute approximate surface area is 93.7 Å². The molecule has 1 aromatic rings. The second-order valence-corrected chi connectivity index (χ2v) is 4.26. The summed E-state index contributed by atoms with van der Waals surface area (Å²) in [5.41, 5.74) is 0.398. The molecule has 1 saturated carbocycles. The zero-order valence-corrected chi connectivity index (χ0v) is 9.29. The monoisotopic (exact) mass is 225 g/mol. The van der Waals surface area contributed by atoms with Gasteiger partial charge in [0.2, 0.25) is 0 Å². The molecule has 1 fully saturated rings. The van der Waals surface area contributed by atoms with Crippen molar-refractivity contribution in [2.45, 2.75) is 44.8 Å². The van der Waals surface area contributed by atoms with E-state index in [1.165, 1.54) is 6.20 Å². The maximum atomic E-state index is 13.5. The Hall–Kier alpha value is -1.39. The van der Waals surface area contributed by atoms with Gasteiger partial charge in [-0.3, -0.25) is 4.79 Å². The predicted octanol–water partition coefficient (Wildman–Crippen LogP) is 1.73. The molecule has 0 aliphatic heterocycles. The molecule has 2 N–H and O–H groups in total. The van der Waals surface area contributed by atoms with Crippen molar-refractivity contribution in [1.29, 1.82) is 0 Å². The third kappa shape index (κ3) is 2.40. The van der Waals surface area contributed by atoms with E-state index in [0.29, 0.717) is 17.9 Å². The van der Waals surface area contributed by atoms with E-state index in [2.05, 4.69) is 15.3 Å². The Morgan fingerprint density at radius 3 is 2.94 bits per heavy atom. The lowest BCUT2D eigenvalue weighted by atomic mass is 9.93. The van der Waals surface area contributed by atoms with Crippen molar-refractivity contribution in [3.05, 3.63) is 17.7 Å². The van der Waals surface area contributed by atoms with E-state index in [0.717, 1.165) is 19.3 Å². The number of alkyl halides is 1.